The molecule has 11 heteroatoms. The van der Waals surface area contributed by atoms with Crippen molar-refractivity contribution in [2.45, 2.75) is 85.0 Å². The quantitative estimate of drug-likeness (QED) is 0.0955. The summed E-state index contributed by atoms with van der Waals surface area (Å²) in [5.41, 5.74) is 19.7. The lowest BCUT2D eigenvalue weighted by Crippen LogP contribution is -2.60. The van der Waals surface area contributed by atoms with Gasteiger partial charge in [0, 0.05) is 60.3 Å². The average molecular weight is 1080 g/mol. The third-order valence-electron chi connectivity index (χ3n) is 16.2. The van der Waals surface area contributed by atoms with E-state index < -0.39 is 0 Å². The first-order valence-corrected chi connectivity index (χ1v) is 29.5. The summed E-state index contributed by atoms with van der Waals surface area (Å²) in [4.78, 5) is 38.5. The van der Waals surface area contributed by atoms with Gasteiger partial charge in [0.25, 0.3) is 6.71 Å². The lowest BCUT2D eigenvalue weighted by molar-refractivity contribution is 0.590. The molecule has 0 N–H and O–H groups in total. The first-order valence-electron chi connectivity index (χ1n) is 28.7. The number of benzene rings is 8. The Bertz CT molecular complexity index is 4130. The zero-order valence-electron chi connectivity index (χ0n) is 47.4. The van der Waals surface area contributed by atoms with E-state index in [0.717, 1.165) is 53.7 Å². The summed E-state index contributed by atoms with van der Waals surface area (Å²) in [5, 5.41) is 0. The Labute approximate surface area is 485 Å². The molecule has 0 saturated heterocycles. The summed E-state index contributed by atoms with van der Waals surface area (Å²) in [6, 6.07) is 72.5. The fraction of sp³-hybridized carbons (Fsp3) is 0.183. The van der Waals surface area contributed by atoms with Crippen LogP contribution in [-0.2, 0) is 17.3 Å². The summed E-state index contributed by atoms with van der Waals surface area (Å²) in [6.07, 6.45) is 4.38. The zero-order chi connectivity index (χ0) is 55.9. The number of rotatable bonds is 11. The molecule has 5 aliphatic heterocycles. The van der Waals surface area contributed by atoms with Crippen LogP contribution in [0.2, 0.25) is 0 Å². The number of aliphatic imine (C=N–C) groups is 6. The van der Waals surface area contributed by atoms with E-state index in [1.54, 1.807) is 4.90 Å². The van der Waals surface area contributed by atoms with Crippen molar-refractivity contribution in [1.82, 2.24) is 4.90 Å². The Morgan fingerprint density at radius 1 is 0.427 bits per heavy atom. The van der Waals surface area contributed by atoms with E-state index in [2.05, 4.69) is 198 Å². The molecule has 0 bridgehead atoms. The average Bonchev–Trinajstić information content (AvgIpc) is 2.30. The number of nitrogens with zero attached hydrogens (tertiary/aromatic N) is 9. The molecular formula is C71H62BN9S. The van der Waals surface area contributed by atoms with Crippen LogP contribution < -0.4 is 25.5 Å². The molecule has 0 atom stereocenters. The molecule has 0 spiro atoms. The molecule has 6 heterocycles. The normalized spacial score (nSPS) is 15.1. The van der Waals surface area contributed by atoms with Crippen LogP contribution in [0.15, 0.2) is 230 Å². The monoisotopic (exact) mass is 1080 g/mol. The van der Waals surface area contributed by atoms with Crippen LogP contribution in [0.5, 0.6) is 0 Å². The van der Waals surface area contributed by atoms with Gasteiger partial charge in [-0.25, -0.2) is 4.90 Å². The third kappa shape index (κ3) is 8.95. The number of amidine groups is 3. The Kier molecular flexibility index (Phi) is 12.6. The Hall–Kier alpha value is -9.06. The molecule has 14 rings (SSSR count). The van der Waals surface area contributed by atoms with Crippen molar-refractivity contribution in [3.05, 3.63) is 234 Å². The smallest absolute Gasteiger partial charge is 0.264 e. The maximum absolute atomic E-state index is 5.18. The minimum atomic E-state index is -0.0813. The highest BCUT2D eigenvalue weighted by atomic mass is 32.1. The second kappa shape index (κ2) is 20.2. The lowest BCUT2D eigenvalue weighted by Gasteiger charge is -2.44. The van der Waals surface area contributed by atoms with Gasteiger partial charge in [-0.15, -0.1) is 11.3 Å². The number of thiophene rings is 1. The summed E-state index contributed by atoms with van der Waals surface area (Å²) < 4.78 is 1.32. The number of guanidine groups is 3. The Morgan fingerprint density at radius 2 is 0.890 bits per heavy atom. The summed E-state index contributed by atoms with van der Waals surface area (Å²) in [6.45, 7) is 16.1. The SMILES string of the molecule is CCCCCc1cc2c3c(c1)N(c1ccc(C4=NC5=NC(c6ccccc6)=NC6=NC(c7ccccc7)=NC(=N4)N65)cc1)c1c(sc(-c4ccccc4)c1-c1ccccc1)B3c1cc(C(C)(C)C)ccc1N2c1ccc(C(C)(C)C)cc1. The number of fused-ring (bicyclic) bond motifs is 4. The predicted molar refractivity (Wildman–Crippen MR) is 346 cm³/mol. The number of unbranched alkanes of at least 4 members (excludes halogenated alkanes) is 2. The van der Waals surface area contributed by atoms with Gasteiger partial charge in [0.15, 0.2) is 17.5 Å². The molecule has 0 radical (unpaired) electrons. The molecule has 9 nitrogen and oxygen atoms in total. The first kappa shape index (κ1) is 51.1. The minimum Gasteiger partial charge on any atom is -0.311 e. The first-order chi connectivity index (χ1) is 39.9. The highest BCUT2D eigenvalue weighted by molar-refractivity contribution is 7.31. The molecule has 400 valence electrons. The van der Waals surface area contributed by atoms with E-state index in [1.807, 2.05) is 72.0 Å². The van der Waals surface area contributed by atoms with Crippen molar-refractivity contribution >= 4 is 103 Å². The maximum Gasteiger partial charge on any atom is 0.264 e. The van der Waals surface area contributed by atoms with Crippen molar-refractivity contribution in [1.29, 1.82) is 0 Å². The van der Waals surface area contributed by atoms with Crippen LogP contribution in [0.3, 0.4) is 0 Å². The van der Waals surface area contributed by atoms with Crippen molar-refractivity contribution in [2.24, 2.45) is 30.0 Å². The van der Waals surface area contributed by atoms with Crippen LogP contribution in [0.25, 0.3) is 21.6 Å². The van der Waals surface area contributed by atoms with E-state index in [9.17, 15) is 0 Å². The van der Waals surface area contributed by atoms with Crippen LogP contribution in [0, 0.1) is 0 Å². The molecule has 5 aliphatic rings. The Balaban J connectivity index is 1.00. The van der Waals surface area contributed by atoms with Gasteiger partial charge in [-0.2, -0.15) is 30.0 Å². The van der Waals surface area contributed by atoms with Crippen LogP contribution in [-0.4, -0.2) is 47.0 Å². The van der Waals surface area contributed by atoms with Gasteiger partial charge in [0.2, 0.25) is 17.9 Å². The summed E-state index contributed by atoms with van der Waals surface area (Å²) in [5.74, 6) is 2.80. The van der Waals surface area contributed by atoms with E-state index in [1.165, 1.54) is 76.7 Å². The van der Waals surface area contributed by atoms with Crippen molar-refractivity contribution in [3.8, 4) is 21.6 Å². The fourth-order valence-electron chi connectivity index (χ4n) is 12.0. The van der Waals surface area contributed by atoms with E-state index in [0.29, 0.717) is 35.4 Å². The van der Waals surface area contributed by atoms with E-state index in [4.69, 9.17) is 30.0 Å². The van der Waals surface area contributed by atoms with Crippen LogP contribution in [0.1, 0.15) is 101 Å². The van der Waals surface area contributed by atoms with Gasteiger partial charge >= 0.3 is 0 Å². The lowest BCUT2D eigenvalue weighted by atomic mass is 9.36. The number of anilines is 6. The summed E-state index contributed by atoms with van der Waals surface area (Å²) in [7, 11) is 0. The van der Waals surface area contributed by atoms with Gasteiger partial charge in [-0.1, -0.05) is 207 Å². The highest BCUT2D eigenvalue weighted by Gasteiger charge is 2.47. The predicted octanol–water partition coefficient (Wildman–Crippen LogP) is 15.5. The molecule has 1 aromatic heterocycles. The second-order valence-electron chi connectivity index (χ2n) is 23.8. The second-order valence-corrected chi connectivity index (χ2v) is 24.9. The van der Waals surface area contributed by atoms with Gasteiger partial charge in [0.1, 0.15) is 0 Å². The van der Waals surface area contributed by atoms with Gasteiger partial charge in [-0.3, -0.25) is 0 Å². The fourth-order valence-corrected chi connectivity index (χ4v) is 13.4. The van der Waals surface area contributed by atoms with E-state index in [-0.39, 0.29) is 17.5 Å². The highest BCUT2D eigenvalue weighted by Crippen LogP contribution is 2.53. The van der Waals surface area contributed by atoms with Crippen molar-refractivity contribution in [3.63, 3.8) is 0 Å². The number of hydrogen-bond donors (Lipinski definition) is 0. The van der Waals surface area contributed by atoms with Crippen LogP contribution in [0.4, 0.5) is 34.1 Å². The van der Waals surface area contributed by atoms with Gasteiger partial charge in [0.05, 0.1) is 5.69 Å². The zero-order valence-corrected chi connectivity index (χ0v) is 48.2. The van der Waals surface area contributed by atoms with Crippen molar-refractivity contribution in [2.75, 3.05) is 9.80 Å². The largest absolute Gasteiger partial charge is 0.311 e. The topological polar surface area (TPSA) is 83.9 Å². The third-order valence-corrected chi connectivity index (χ3v) is 17.5. The molecule has 0 saturated carbocycles. The molecule has 0 fully saturated rings. The maximum atomic E-state index is 5.18. The van der Waals surface area contributed by atoms with Gasteiger partial charge in [-0.05, 0) is 117 Å². The molecular weight excluding hydrogens is 1020 g/mol. The molecule has 0 amide bonds. The number of hydrogen-bond acceptors (Lipinski definition) is 10. The van der Waals surface area contributed by atoms with Crippen molar-refractivity contribution < 1.29 is 0 Å². The van der Waals surface area contributed by atoms with Crippen LogP contribution >= 0.6 is 11.3 Å². The summed E-state index contributed by atoms with van der Waals surface area (Å²) >= 11 is 1.94. The van der Waals surface area contributed by atoms with Gasteiger partial charge < -0.3 is 9.80 Å². The Morgan fingerprint density at radius 3 is 1.41 bits per heavy atom. The minimum absolute atomic E-state index is 0.0115. The molecule has 0 aliphatic carbocycles. The molecule has 8 aromatic carbocycles. The molecule has 0 unspecified atom stereocenters. The molecule has 82 heavy (non-hydrogen) atoms. The van der Waals surface area contributed by atoms with E-state index >= 15 is 0 Å². The molecule has 9 aromatic rings. The number of aryl methyl sites for hydroxylation is 1. The standard InChI is InChI=1S/C71H62BN9S/c1-8-9-14-23-45-42-57-60-58(43-45)80(54-37-32-50(33-38-54)66-77-68-75-64(48-28-19-12-20-29-48)73-67-74-65(49-30-21-13-22-31-49)76-69(78-66)81(67)68)61-59(46-24-15-10-16-25-46)62(47-26-17-11-18-27-47)82-63(61)72(60)55-44-52(71(5,6)7)36-41-56(55)79(57)53-39-34-51(35-40-53)70(2,3)4/h10-13,15-22,24-44H,8-9,14,23H2,1-7H3.